The second-order valence-corrected chi connectivity index (χ2v) is 7.80. The highest BCUT2D eigenvalue weighted by Crippen LogP contribution is 2.32. The summed E-state index contributed by atoms with van der Waals surface area (Å²) in [5.74, 6) is -1.45. The molecule has 0 N–H and O–H groups in total. The molecule has 3 heterocycles. The van der Waals surface area contributed by atoms with Crippen LogP contribution in [0, 0.1) is 18.6 Å². The smallest absolute Gasteiger partial charge is 0.219 e. The monoisotopic (exact) mass is 417 g/mol. The van der Waals surface area contributed by atoms with Crippen molar-refractivity contribution >= 4 is 24.2 Å². The van der Waals surface area contributed by atoms with Crippen LogP contribution in [0.5, 0.6) is 0 Å². The van der Waals surface area contributed by atoms with Crippen LogP contribution in [0.2, 0.25) is 0 Å². The molecule has 1 aliphatic rings. The maximum Gasteiger partial charge on any atom is 0.219 e. The number of benzene rings is 1. The van der Waals surface area contributed by atoms with E-state index in [4.69, 9.17) is 4.74 Å². The number of nitrogens with zero attached hydrogens (tertiary/aromatic N) is 3. The van der Waals surface area contributed by atoms with Gasteiger partial charge in [-0.05, 0) is 36.8 Å². The van der Waals surface area contributed by atoms with Crippen LogP contribution in [0.15, 0.2) is 35.4 Å². The normalized spacial score (nSPS) is 17.1. The predicted octanol–water partition coefficient (Wildman–Crippen LogP) is 3.67. The first-order valence-electron chi connectivity index (χ1n) is 9.36. The number of pyridine rings is 1. The molecule has 0 spiro atoms. The highest BCUT2D eigenvalue weighted by atomic mass is 32.1. The van der Waals surface area contributed by atoms with E-state index in [-0.39, 0.29) is 28.2 Å². The lowest BCUT2D eigenvalue weighted by Crippen LogP contribution is -2.45. The molecule has 1 atom stereocenters. The van der Waals surface area contributed by atoms with Gasteiger partial charge in [0.15, 0.2) is 0 Å². The van der Waals surface area contributed by atoms with E-state index in [9.17, 15) is 13.6 Å². The van der Waals surface area contributed by atoms with E-state index in [1.165, 1.54) is 19.1 Å². The van der Waals surface area contributed by atoms with Crippen molar-refractivity contribution in [3.05, 3.63) is 53.4 Å². The van der Waals surface area contributed by atoms with Crippen molar-refractivity contribution in [2.45, 2.75) is 31.3 Å². The minimum atomic E-state index is -0.716. The summed E-state index contributed by atoms with van der Waals surface area (Å²) in [6, 6.07) is 6.12. The summed E-state index contributed by atoms with van der Waals surface area (Å²) in [4.78, 5) is 18.2. The molecule has 4 rings (SSSR count). The van der Waals surface area contributed by atoms with Gasteiger partial charge in [0.05, 0.1) is 29.7 Å². The predicted molar refractivity (Wildman–Crippen MR) is 108 cm³/mol. The van der Waals surface area contributed by atoms with Crippen LogP contribution < -0.4 is 0 Å². The van der Waals surface area contributed by atoms with Crippen molar-refractivity contribution in [3.8, 4) is 11.3 Å². The Morgan fingerprint density at radius 3 is 2.72 bits per heavy atom. The number of aromatic nitrogens is 2. The molecular formula is C21H21F2N3O2S. The van der Waals surface area contributed by atoms with Crippen LogP contribution >= 0.6 is 12.6 Å². The van der Waals surface area contributed by atoms with E-state index in [2.05, 4.69) is 17.6 Å². The third-order valence-electron chi connectivity index (χ3n) is 5.15. The van der Waals surface area contributed by atoms with E-state index in [0.29, 0.717) is 37.5 Å². The molecule has 1 fully saturated rings. The van der Waals surface area contributed by atoms with Gasteiger partial charge in [-0.3, -0.25) is 4.79 Å². The average Bonchev–Trinajstić information content (AvgIpc) is 2.98. The van der Waals surface area contributed by atoms with Gasteiger partial charge in [-0.2, -0.15) is 0 Å². The number of hydrogen-bond acceptors (Lipinski definition) is 4. The SMILES string of the molecule is CC(=O)N1CCOC(Cc2c(-c3c(F)cc(S)cc3F)nc3cc(C)ccn23)C1. The molecule has 0 saturated carbocycles. The molecular weight excluding hydrogens is 396 g/mol. The number of carbonyl (C=O) groups excluding carboxylic acids is 1. The molecule has 3 aromatic rings. The van der Waals surface area contributed by atoms with Crippen molar-refractivity contribution in [2.24, 2.45) is 0 Å². The Bertz CT molecular complexity index is 1080. The number of hydrogen-bond donors (Lipinski definition) is 1. The Hall–Kier alpha value is -2.45. The lowest BCUT2D eigenvalue weighted by atomic mass is 10.0. The second kappa shape index (κ2) is 7.76. The number of amides is 1. The minimum Gasteiger partial charge on any atom is -0.374 e. The molecule has 1 aliphatic heterocycles. The van der Waals surface area contributed by atoms with Gasteiger partial charge in [0.25, 0.3) is 0 Å². The van der Waals surface area contributed by atoms with Crippen LogP contribution in [0.4, 0.5) is 8.78 Å². The number of carbonyl (C=O) groups is 1. The zero-order chi connectivity index (χ0) is 20.7. The second-order valence-electron chi connectivity index (χ2n) is 7.29. The van der Waals surface area contributed by atoms with Gasteiger partial charge in [-0.25, -0.2) is 13.8 Å². The van der Waals surface area contributed by atoms with Gasteiger partial charge < -0.3 is 14.0 Å². The first-order valence-corrected chi connectivity index (χ1v) is 9.81. The van der Waals surface area contributed by atoms with Crippen LogP contribution in [0.1, 0.15) is 18.2 Å². The summed E-state index contributed by atoms with van der Waals surface area (Å²) < 4.78 is 37.1. The molecule has 0 aliphatic carbocycles. The van der Waals surface area contributed by atoms with Gasteiger partial charge >= 0.3 is 0 Å². The zero-order valence-electron chi connectivity index (χ0n) is 16.2. The van der Waals surface area contributed by atoms with Gasteiger partial charge in [-0.15, -0.1) is 12.6 Å². The summed E-state index contributed by atoms with van der Waals surface area (Å²) in [7, 11) is 0. The Morgan fingerprint density at radius 2 is 2.03 bits per heavy atom. The minimum absolute atomic E-state index is 0.0197. The van der Waals surface area contributed by atoms with Crippen molar-refractivity contribution < 1.29 is 18.3 Å². The fraction of sp³-hybridized carbons (Fsp3) is 0.333. The van der Waals surface area contributed by atoms with E-state index in [0.717, 1.165) is 5.56 Å². The molecule has 5 nitrogen and oxygen atoms in total. The number of aryl methyl sites for hydroxylation is 1. The van der Waals surface area contributed by atoms with Crippen LogP contribution in [0.25, 0.3) is 16.9 Å². The third-order valence-corrected chi connectivity index (χ3v) is 5.41. The van der Waals surface area contributed by atoms with E-state index >= 15 is 0 Å². The van der Waals surface area contributed by atoms with Crippen LogP contribution in [-0.2, 0) is 16.0 Å². The molecule has 29 heavy (non-hydrogen) atoms. The molecule has 1 saturated heterocycles. The van der Waals surface area contributed by atoms with Gasteiger partial charge in [-0.1, -0.05) is 0 Å². The van der Waals surface area contributed by atoms with Crippen molar-refractivity contribution in [2.75, 3.05) is 19.7 Å². The van der Waals surface area contributed by atoms with Crippen LogP contribution in [0.3, 0.4) is 0 Å². The molecule has 0 bridgehead atoms. The average molecular weight is 417 g/mol. The number of imidazole rings is 1. The van der Waals surface area contributed by atoms with E-state index < -0.39 is 11.6 Å². The summed E-state index contributed by atoms with van der Waals surface area (Å²) >= 11 is 4.04. The molecule has 1 amide bonds. The van der Waals surface area contributed by atoms with Gasteiger partial charge in [0.2, 0.25) is 5.91 Å². The lowest BCUT2D eigenvalue weighted by Gasteiger charge is -2.32. The van der Waals surface area contributed by atoms with E-state index in [1.54, 1.807) is 4.90 Å². The number of thiol groups is 1. The molecule has 1 unspecified atom stereocenters. The largest absolute Gasteiger partial charge is 0.374 e. The number of rotatable bonds is 3. The first-order chi connectivity index (χ1) is 13.8. The summed E-state index contributed by atoms with van der Waals surface area (Å²) in [5.41, 5.74) is 2.29. The Balaban J connectivity index is 1.82. The lowest BCUT2D eigenvalue weighted by molar-refractivity contribution is -0.136. The molecule has 2 aromatic heterocycles. The summed E-state index contributed by atoms with van der Waals surface area (Å²) in [6.07, 6.45) is 1.92. The van der Waals surface area contributed by atoms with Gasteiger partial charge in [0.1, 0.15) is 17.3 Å². The quantitative estimate of drug-likeness (QED) is 0.662. The number of halogens is 2. The van der Waals surface area contributed by atoms with Crippen molar-refractivity contribution in [1.29, 1.82) is 0 Å². The molecule has 152 valence electrons. The molecule has 0 radical (unpaired) electrons. The highest BCUT2D eigenvalue weighted by molar-refractivity contribution is 7.80. The standard InChI is InChI=1S/C21H21F2N3O2S/c1-12-3-4-26-18(8-14-11-25(13(2)27)5-6-28-14)21(24-19(26)7-12)20-16(22)9-15(29)10-17(20)23/h3-4,7,9-10,14,29H,5-6,8,11H2,1-2H3. The number of fused-ring (bicyclic) bond motifs is 1. The molecule has 8 heteroatoms. The maximum absolute atomic E-state index is 14.7. The third kappa shape index (κ3) is 3.86. The fourth-order valence-corrected chi connectivity index (χ4v) is 3.95. The zero-order valence-corrected chi connectivity index (χ0v) is 17.0. The number of morpholine rings is 1. The van der Waals surface area contributed by atoms with Gasteiger partial charge in [0, 0.05) is 37.5 Å². The van der Waals surface area contributed by atoms with Crippen molar-refractivity contribution in [3.63, 3.8) is 0 Å². The Morgan fingerprint density at radius 1 is 1.31 bits per heavy atom. The van der Waals surface area contributed by atoms with Crippen molar-refractivity contribution in [1.82, 2.24) is 14.3 Å². The summed E-state index contributed by atoms with van der Waals surface area (Å²) in [5, 5.41) is 0. The maximum atomic E-state index is 14.7. The Labute approximate surface area is 172 Å². The first kappa shape index (κ1) is 19.8. The fourth-order valence-electron chi connectivity index (χ4n) is 3.72. The van der Waals surface area contributed by atoms with E-state index in [1.807, 2.05) is 29.7 Å². The summed E-state index contributed by atoms with van der Waals surface area (Å²) in [6.45, 7) is 4.84. The molecule has 1 aromatic carbocycles. The Kier molecular flexibility index (Phi) is 5.31. The van der Waals surface area contributed by atoms with Crippen LogP contribution in [-0.4, -0.2) is 46.0 Å². The highest BCUT2D eigenvalue weighted by Gasteiger charge is 2.27. The number of ether oxygens (including phenoxy) is 1. The topological polar surface area (TPSA) is 46.8 Å².